The zero-order chi connectivity index (χ0) is 12.7. The number of carbonyl (C=O) groups excluding carboxylic acids is 1. The van der Waals surface area contributed by atoms with Crippen molar-refractivity contribution in [1.29, 1.82) is 0 Å². The summed E-state index contributed by atoms with van der Waals surface area (Å²) in [5, 5.41) is 3.37. The Bertz CT molecular complexity index is 347. The van der Waals surface area contributed by atoms with Crippen molar-refractivity contribution in [1.82, 2.24) is 10.2 Å². The van der Waals surface area contributed by atoms with E-state index in [0.717, 1.165) is 25.9 Å². The van der Waals surface area contributed by atoms with Crippen LogP contribution < -0.4 is 5.32 Å². The zero-order valence-electron chi connectivity index (χ0n) is 11.0. The molecule has 96 valence electrons. The highest BCUT2D eigenvalue weighted by Crippen LogP contribution is 2.16. The summed E-state index contributed by atoms with van der Waals surface area (Å²) in [5.41, 5.74) is 0. The number of carbonyl (C=O) groups is 1. The van der Waals surface area contributed by atoms with Gasteiger partial charge in [-0.05, 0) is 31.5 Å². The maximum Gasteiger partial charge on any atom is 0.222 e. The molecule has 3 nitrogen and oxygen atoms in total. The minimum absolute atomic E-state index is 0.205. The SMILES string of the molecule is CCc1ccc(CNCCCC(=O)N(C)C)s1. The van der Waals surface area contributed by atoms with Crippen molar-refractivity contribution in [3.63, 3.8) is 0 Å². The van der Waals surface area contributed by atoms with Gasteiger partial charge in [-0.3, -0.25) is 4.79 Å². The Hall–Kier alpha value is -0.870. The van der Waals surface area contributed by atoms with Gasteiger partial charge in [-0.1, -0.05) is 6.92 Å². The molecule has 0 saturated carbocycles. The quantitative estimate of drug-likeness (QED) is 0.757. The van der Waals surface area contributed by atoms with Gasteiger partial charge >= 0.3 is 0 Å². The fourth-order valence-corrected chi connectivity index (χ4v) is 2.43. The number of aryl methyl sites for hydroxylation is 1. The van der Waals surface area contributed by atoms with E-state index in [-0.39, 0.29) is 5.91 Å². The monoisotopic (exact) mass is 254 g/mol. The van der Waals surface area contributed by atoms with Crippen molar-refractivity contribution in [3.05, 3.63) is 21.9 Å². The van der Waals surface area contributed by atoms with Crippen molar-refractivity contribution < 1.29 is 4.79 Å². The maximum absolute atomic E-state index is 11.3. The van der Waals surface area contributed by atoms with Crippen LogP contribution in [0, 0.1) is 0 Å². The summed E-state index contributed by atoms with van der Waals surface area (Å²) in [5.74, 6) is 0.205. The molecule has 4 heteroatoms. The smallest absolute Gasteiger partial charge is 0.222 e. The number of nitrogens with zero attached hydrogens (tertiary/aromatic N) is 1. The first-order chi connectivity index (χ1) is 8.13. The summed E-state index contributed by atoms with van der Waals surface area (Å²) in [6.07, 6.45) is 2.65. The molecule has 1 rings (SSSR count). The van der Waals surface area contributed by atoms with Gasteiger partial charge in [0.05, 0.1) is 0 Å². The first-order valence-electron chi connectivity index (χ1n) is 6.12. The van der Waals surface area contributed by atoms with Gasteiger partial charge in [0.2, 0.25) is 5.91 Å². The summed E-state index contributed by atoms with van der Waals surface area (Å²) in [7, 11) is 3.60. The van der Waals surface area contributed by atoms with E-state index in [1.807, 2.05) is 11.3 Å². The molecule has 1 amide bonds. The number of amides is 1. The summed E-state index contributed by atoms with van der Waals surface area (Å²) >= 11 is 1.86. The van der Waals surface area contributed by atoms with E-state index in [4.69, 9.17) is 0 Å². The predicted molar refractivity (Wildman–Crippen MR) is 73.3 cm³/mol. The fourth-order valence-electron chi connectivity index (χ4n) is 1.51. The Kier molecular flexibility index (Phi) is 6.22. The van der Waals surface area contributed by atoms with Crippen molar-refractivity contribution in [3.8, 4) is 0 Å². The summed E-state index contributed by atoms with van der Waals surface area (Å²) in [6.45, 7) is 4.00. The summed E-state index contributed by atoms with van der Waals surface area (Å²) in [6, 6.07) is 4.37. The Morgan fingerprint density at radius 1 is 1.35 bits per heavy atom. The van der Waals surface area contributed by atoms with Crippen LogP contribution in [-0.4, -0.2) is 31.4 Å². The van der Waals surface area contributed by atoms with Gasteiger partial charge in [-0.2, -0.15) is 0 Å². The van der Waals surface area contributed by atoms with E-state index in [1.165, 1.54) is 9.75 Å². The number of nitrogens with one attached hydrogen (secondary N) is 1. The Balaban J connectivity index is 2.10. The third kappa shape index (κ3) is 5.33. The van der Waals surface area contributed by atoms with Crippen LogP contribution in [0.25, 0.3) is 0 Å². The molecule has 0 aromatic carbocycles. The van der Waals surface area contributed by atoms with Gasteiger partial charge in [-0.15, -0.1) is 11.3 Å². The molecule has 0 aliphatic heterocycles. The lowest BCUT2D eigenvalue weighted by Gasteiger charge is -2.09. The second kappa shape index (κ2) is 7.45. The molecule has 1 aromatic rings. The molecular weight excluding hydrogens is 232 g/mol. The summed E-state index contributed by atoms with van der Waals surface area (Å²) < 4.78 is 0. The van der Waals surface area contributed by atoms with Crippen LogP contribution in [0.1, 0.15) is 29.5 Å². The molecule has 0 unspecified atom stereocenters. The number of thiophene rings is 1. The average molecular weight is 254 g/mol. The second-order valence-electron chi connectivity index (χ2n) is 4.29. The first kappa shape index (κ1) is 14.2. The van der Waals surface area contributed by atoms with Crippen molar-refractivity contribution in [2.24, 2.45) is 0 Å². The standard InChI is InChI=1S/C13H22N2OS/c1-4-11-7-8-12(17-11)10-14-9-5-6-13(16)15(2)3/h7-8,14H,4-6,9-10H2,1-3H3. The van der Waals surface area contributed by atoms with Crippen molar-refractivity contribution >= 4 is 17.2 Å². The predicted octanol–water partition coefficient (Wildman–Crippen LogP) is 2.27. The van der Waals surface area contributed by atoms with Gasteiger partial charge in [0.15, 0.2) is 0 Å². The highest BCUT2D eigenvalue weighted by molar-refractivity contribution is 7.11. The average Bonchev–Trinajstić information content (AvgIpc) is 2.76. The maximum atomic E-state index is 11.3. The van der Waals surface area contributed by atoms with Gasteiger partial charge in [0.25, 0.3) is 0 Å². The first-order valence-corrected chi connectivity index (χ1v) is 6.93. The lowest BCUT2D eigenvalue weighted by molar-refractivity contribution is -0.128. The van der Waals surface area contributed by atoms with Crippen LogP contribution in [-0.2, 0) is 17.8 Å². The van der Waals surface area contributed by atoms with Crippen LogP contribution in [0.3, 0.4) is 0 Å². The van der Waals surface area contributed by atoms with E-state index in [1.54, 1.807) is 19.0 Å². The zero-order valence-corrected chi connectivity index (χ0v) is 11.8. The molecule has 1 N–H and O–H groups in total. The molecule has 1 aromatic heterocycles. The van der Waals surface area contributed by atoms with Crippen molar-refractivity contribution in [2.45, 2.75) is 32.7 Å². The topological polar surface area (TPSA) is 32.3 Å². The van der Waals surface area contributed by atoms with Crippen LogP contribution in [0.15, 0.2) is 12.1 Å². The third-order valence-corrected chi connectivity index (χ3v) is 3.84. The van der Waals surface area contributed by atoms with Crippen molar-refractivity contribution in [2.75, 3.05) is 20.6 Å². The Morgan fingerprint density at radius 3 is 2.65 bits per heavy atom. The molecule has 0 saturated heterocycles. The normalized spacial score (nSPS) is 10.5. The molecule has 0 aliphatic carbocycles. The van der Waals surface area contributed by atoms with Crippen LogP contribution >= 0.6 is 11.3 Å². The molecule has 0 radical (unpaired) electrons. The van der Waals surface area contributed by atoms with E-state index in [9.17, 15) is 4.79 Å². The van der Waals surface area contributed by atoms with Gasteiger partial charge < -0.3 is 10.2 Å². The largest absolute Gasteiger partial charge is 0.349 e. The molecule has 0 aliphatic rings. The fraction of sp³-hybridized carbons (Fsp3) is 0.615. The van der Waals surface area contributed by atoms with E-state index in [2.05, 4.69) is 24.4 Å². The number of hydrogen-bond donors (Lipinski definition) is 1. The lowest BCUT2D eigenvalue weighted by atomic mass is 10.3. The summed E-state index contributed by atoms with van der Waals surface area (Å²) in [4.78, 5) is 15.8. The molecule has 17 heavy (non-hydrogen) atoms. The minimum atomic E-state index is 0.205. The molecular formula is C13H22N2OS. The van der Waals surface area contributed by atoms with Gasteiger partial charge in [-0.25, -0.2) is 0 Å². The van der Waals surface area contributed by atoms with E-state index < -0.39 is 0 Å². The molecule has 0 spiro atoms. The van der Waals surface area contributed by atoms with E-state index in [0.29, 0.717) is 6.42 Å². The van der Waals surface area contributed by atoms with E-state index >= 15 is 0 Å². The molecule has 1 heterocycles. The minimum Gasteiger partial charge on any atom is -0.349 e. The van der Waals surface area contributed by atoms with Gasteiger partial charge in [0, 0.05) is 36.8 Å². The Morgan fingerprint density at radius 2 is 2.06 bits per heavy atom. The lowest BCUT2D eigenvalue weighted by Crippen LogP contribution is -2.23. The number of hydrogen-bond acceptors (Lipinski definition) is 3. The highest BCUT2D eigenvalue weighted by atomic mass is 32.1. The molecule has 0 atom stereocenters. The molecule has 0 fully saturated rings. The Labute approximate surface area is 108 Å². The van der Waals surface area contributed by atoms with Gasteiger partial charge in [0.1, 0.15) is 0 Å². The highest BCUT2D eigenvalue weighted by Gasteiger charge is 2.03. The third-order valence-electron chi connectivity index (χ3n) is 2.61. The molecule has 0 bridgehead atoms. The van der Waals surface area contributed by atoms with Crippen LogP contribution in [0.2, 0.25) is 0 Å². The number of rotatable bonds is 7. The second-order valence-corrected chi connectivity index (χ2v) is 5.54. The van der Waals surface area contributed by atoms with Crippen LogP contribution in [0.5, 0.6) is 0 Å². The van der Waals surface area contributed by atoms with Crippen LogP contribution in [0.4, 0.5) is 0 Å².